The summed E-state index contributed by atoms with van der Waals surface area (Å²) >= 11 is 0. The molecule has 0 fully saturated rings. The summed E-state index contributed by atoms with van der Waals surface area (Å²) in [6.07, 6.45) is 4.88. The van der Waals surface area contributed by atoms with Gasteiger partial charge in [-0.05, 0) is 6.07 Å². The Hall–Kier alpha value is -0.883. The van der Waals surface area contributed by atoms with Gasteiger partial charge < -0.3 is 4.13 Å². The van der Waals surface area contributed by atoms with Crippen LogP contribution in [0.2, 0.25) is 0 Å². The average Bonchev–Trinajstić information content (AvgIpc) is 2.27. The Morgan fingerprint density at radius 2 is 1.09 bits per heavy atom. The molecule has 0 aliphatic rings. The van der Waals surface area contributed by atoms with Gasteiger partial charge in [0.05, 0.1) is 0 Å². The monoisotopic (exact) mass is 367 g/mol. The van der Waals surface area contributed by atoms with Crippen molar-refractivity contribution in [2.45, 2.75) is 11.0 Å². The molecule has 0 saturated heterocycles. The molecule has 0 aliphatic heterocycles. The minimum Gasteiger partial charge on any atom is -0.421 e. The van der Waals surface area contributed by atoms with Crippen molar-refractivity contribution in [1.29, 1.82) is 0 Å². The van der Waals surface area contributed by atoms with Crippen LogP contribution in [-0.4, -0.2) is 37.8 Å². The summed E-state index contributed by atoms with van der Waals surface area (Å²) in [4.78, 5) is 7.35. The number of hydrogen-bond acceptors (Lipinski definition) is 6. The molecule has 122 valence electrons. The van der Waals surface area contributed by atoms with Gasteiger partial charge in [-0.15, -0.1) is 0 Å². The van der Waals surface area contributed by atoms with Crippen molar-refractivity contribution in [2.24, 2.45) is 0 Å². The first-order valence-electron chi connectivity index (χ1n) is 4.27. The van der Waals surface area contributed by atoms with Crippen LogP contribution in [0.4, 0.5) is 26.3 Å². The molecular formula is C6H4F6LiN3O4S2. The second kappa shape index (κ2) is 8.11. The molecule has 1 heterocycles. The average molecular weight is 367 g/mol. The van der Waals surface area contributed by atoms with E-state index in [-0.39, 0.29) is 18.9 Å². The Bertz CT molecular complexity index is 576. The van der Waals surface area contributed by atoms with Crippen LogP contribution in [0.25, 0.3) is 4.13 Å². The number of aromatic nitrogens is 2. The quantitative estimate of drug-likeness (QED) is 0.467. The molecule has 16 heteroatoms. The van der Waals surface area contributed by atoms with Gasteiger partial charge in [-0.3, -0.25) is 0 Å². The molecule has 0 unspecified atom stereocenters. The molecule has 1 rings (SSSR count). The van der Waals surface area contributed by atoms with Crippen LogP contribution in [0.1, 0.15) is 0 Å². The van der Waals surface area contributed by atoms with Gasteiger partial charge >= 0.3 is 29.9 Å². The fourth-order valence-electron chi connectivity index (χ4n) is 0.467. The maximum Gasteiger partial charge on any atom is 1.00 e. The van der Waals surface area contributed by atoms with Gasteiger partial charge in [0.1, 0.15) is 6.33 Å². The Kier molecular flexibility index (Phi) is 8.62. The molecule has 0 radical (unpaired) electrons. The zero-order chi connectivity index (χ0) is 16.9. The van der Waals surface area contributed by atoms with E-state index in [2.05, 4.69) is 9.97 Å². The van der Waals surface area contributed by atoms with Crippen molar-refractivity contribution < 1.29 is 62.0 Å². The van der Waals surface area contributed by atoms with E-state index in [9.17, 15) is 43.2 Å². The van der Waals surface area contributed by atoms with Crippen molar-refractivity contribution in [3.05, 3.63) is 28.9 Å². The summed E-state index contributed by atoms with van der Waals surface area (Å²) in [5, 5.41) is 0. The summed E-state index contributed by atoms with van der Waals surface area (Å²) < 4.78 is 109. The van der Waals surface area contributed by atoms with Crippen LogP contribution in [0.5, 0.6) is 0 Å². The third-order valence-corrected chi connectivity index (χ3v) is 4.00. The minimum absolute atomic E-state index is 0. The molecule has 0 N–H and O–H groups in total. The summed E-state index contributed by atoms with van der Waals surface area (Å²) in [7, 11) is -13.4. The van der Waals surface area contributed by atoms with Crippen molar-refractivity contribution in [1.82, 2.24) is 9.97 Å². The molecule has 0 atom stereocenters. The predicted octanol–water partition coefficient (Wildman–Crippen LogP) is -1.46. The molecule has 0 aromatic carbocycles. The Morgan fingerprint density at radius 3 is 1.23 bits per heavy atom. The summed E-state index contributed by atoms with van der Waals surface area (Å²) in [6, 6.07) is 1.78. The normalized spacial score (nSPS) is 12.6. The second-order valence-corrected chi connectivity index (χ2v) is 6.24. The third kappa shape index (κ3) is 7.40. The van der Waals surface area contributed by atoms with E-state index >= 15 is 0 Å². The van der Waals surface area contributed by atoms with Crippen molar-refractivity contribution in [3.63, 3.8) is 0 Å². The summed E-state index contributed by atoms with van der Waals surface area (Å²) in [6.45, 7) is 0. The van der Waals surface area contributed by atoms with Gasteiger partial charge in [0.15, 0.2) is 20.0 Å². The Labute approximate surface area is 132 Å². The fourth-order valence-corrected chi connectivity index (χ4v) is 2.18. The SMILES string of the molecule is O=S(=O)([N-]S(=O)(=O)C(F)(F)F)C(F)(F)F.[Li+].c1cncnc1. The number of alkyl halides is 6. The van der Waals surface area contributed by atoms with Gasteiger partial charge in [-0.1, -0.05) is 0 Å². The minimum atomic E-state index is -6.72. The predicted molar refractivity (Wildman–Crippen MR) is 55.3 cm³/mol. The molecule has 7 nitrogen and oxygen atoms in total. The number of halogens is 6. The first-order chi connectivity index (χ1) is 9.21. The van der Waals surface area contributed by atoms with E-state index in [4.69, 9.17) is 0 Å². The standard InChI is InChI=1S/C4H4N2.C2F6NO4S2.Li/c1-2-5-4-6-3-1;3-1(4,5)14(10,11)9-15(12,13)2(6,7)8;/h1-4H;;/q;-1;+1. The number of rotatable bonds is 2. The van der Waals surface area contributed by atoms with Gasteiger partial charge in [-0.25, -0.2) is 26.8 Å². The van der Waals surface area contributed by atoms with Gasteiger partial charge in [0.2, 0.25) is 0 Å². The van der Waals surface area contributed by atoms with Crippen molar-refractivity contribution in [2.75, 3.05) is 0 Å². The zero-order valence-corrected chi connectivity index (χ0v) is 12.0. The van der Waals surface area contributed by atoms with Crippen molar-refractivity contribution >= 4 is 20.0 Å². The first-order valence-corrected chi connectivity index (χ1v) is 7.15. The molecule has 22 heavy (non-hydrogen) atoms. The number of sulfonamides is 2. The Morgan fingerprint density at radius 1 is 0.773 bits per heavy atom. The number of nitrogens with zero attached hydrogens (tertiary/aromatic N) is 3. The third-order valence-electron chi connectivity index (χ3n) is 1.26. The van der Waals surface area contributed by atoms with Crippen molar-refractivity contribution in [3.8, 4) is 0 Å². The fraction of sp³-hybridized carbons (Fsp3) is 0.333. The molecular weight excluding hydrogens is 363 g/mol. The van der Waals surface area contributed by atoms with Crippen LogP contribution in [0, 0.1) is 0 Å². The molecule has 0 saturated carbocycles. The van der Waals surface area contributed by atoms with E-state index < -0.39 is 31.1 Å². The molecule has 0 bridgehead atoms. The maximum atomic E-state index is 11.4. The van der Waals surface area contributed by atoms with E-state index in [1.165, 1.54) is 6.33 Å². The van der Waals surface area contributed by atoms with Crippen LogP contribution in [-0.2, 0) is 20.0 Å². The Balaban J connectivity index is 0. The van der Waals surface area contributed by atoms with E-state index in [1.807, 2.05) is 0 Å². The van der Waals surface area contributed by atoms with Crippen LogP contribution in [0.15, 0.2) is 24.8 Å². The smallest absolute Gasteiger partial charge is 0.421 e. The van der Waals surface area contributed by atoms with E-state index in [0.717, 1.165) is 4.13 Å². The molecule has 0 spiro atoms. The van der Waals surface area contributed by atoms with E-state index in [1.54, 1.807) is 18.5 Å². The van der Waals surface area contributed by atoms with Crippen LogP contribution < -0.4 is 18.9 Å². The maximum absolute atomic E-state index is 11.4. The van der Waals surface area contributed by atoms with Crippen LogP contribution in [0.3, 0.4) is 0 Å². The largest absolute Gasteiger partial charge is 1.00 e. The topological polar surface area (TPSA) is 108 Å². The summed E-state index contributed by atoms with van der Waals surface area (Å²) in [5.74, 6) is 0. The zero-order valence-electron chi connectivity index (χ0n) is 10.4. The van der Waals surface area contributed by atoms with Gasteiger partial charge in [0.25, 0.3) is 0 Å². The first kappa shape index (κ1) is 23.4. The molecule has 1 aromatic heterocycles. The summed E-state index contributed by atoms with van der Waals surface area (Å²) in [5.41, 5.74) is -12.4. The molecule has 0 amide bonds. The molecule has 0 aliphatic carbocycles. The van der Waals surface area contributed by atoms with Gasteiger partial charge in [-0.2, -0.15) is 26.3 Å². The van der Waals surface area contributed by atoms with Crippen LogP contribution >= 0.6 is 0 Å². The number of hydrogen-bond donors (Lipinski definition) is 0. The van der Waals surface area contributed by atoms with Gasteiger partial charge in [0, 0.05) is 12.4 Å². The molecule has 1 aromatic rings. The van der Waals surface area contributed by atoms with E-state index in [0.29, 0.717) is 0 Å². The second-order valence-electron chi connectivity index (χ2n) is 2.82.